The SMILES string of the molecule is CCc1ccsc1C(NN)c1c(Cl)cnn1CC. The summed E-state index contributed by atoms with van der Waals surface area (Å²) >= 11 is 7.93. The maximum Gasteiger partial charge on any atom is 0.0987 e. The topological polar surface area (TPSA) is 55.9 Å². The van der Waals surface area contributed by atoms with Crippen molar-refractivity contribution in [1.29, 1.82) is 0 Å². The van der Waals surface area contributed by atoms with E-state index in [2.05, 4.69) is 28.9 Å². The maximum absolute atomic E-state index is 6.24. The van der Waals surface area contributed by atoms with E-state index in [1.165, 1.54) is 10.4 Å². The predicted octanol–water partition coefficient (Wildman–Crippen LogP) is 2.73. The summed E-state index contributed by atoms with van der Waals surface area (Å²) in [5, 5.41) is 6.99. The number of aryl methyl sites for hydroxylation is 2. The van der Waals surface area contributed by atoms with Gasteiger partial charge in [-0.1, -0.05) is 18.5 Å². The summed E-state index contributed by atoms with van der Waals surface area (Å²) in [6.07, 6.45) is 2.65. The number of nitrogens with one attached hydrogen (secondary N) is 1. The second kappa shape index (κ2) is 5.84. The molecule has 0 fully saturated rings. The first-order valence-corrected chi connectivity index (χ1v) is 7.22. The lowest BCUT2D eigenvalue weighted by Crippen LogP contribution is -2.31. The van der Waals surface area contributed by atoms with Crippen LogP contribution in [0.25, 0.3) is 0 Å². The lowest BCUT2D eigenvalue weighted by Gasteiger charge is -2.18. The Balaban J connectivity index is 2.48. The molecule has 0 radical (unpaired) electrons. The number of halogens is 1. The van der Waals surface area contributed by atoms with E-state index in [-0.39, 0.29) is 6.04 Å². The van der Waals surface area contributed by atoms with Gasteiger partial charge in [0.2, 0.25) is 0 Å². The Morgan fingerprint density at radius 3 is 2.94 bits per heavy atom. The third kappa shape index (κ3) is 2.31. The van der Waals surface area contributed by atoms with Crippen LogP contribution in [0, 0.1) is 0 Å². The van der Waals surface area contributed by atoms with Gasteiger partial charge in [0.25, 0.3) is 0 Å². The molecule has 0 aliphatic carbocycles. The number of hydrogen-bond donors (Lipinski definition) is 2. The van der Waals surface area contributed by atoms with Crippen LogP contribution in [0.1, 0.15) is 36.0 Å². The molecule has 0 saturated carbocycles. The van der Waals surface area contributed by atoms with Gasteiger partial charge in [-0.25, -0.2) is 5.43 Å². The van der Waals surface area contributed by atoms with E-state index in [1.54, 1.807) is 17.5 Å². The molecule has 1 unspecified atom stereocenters. The predicted molar refractivity (Wildman–Crippen MR) is 75.8 cm³/mol. The van der Waals surface area contributed by atoms with Crippen molar-refractivity contribution in [2.45, 2.75) is 32.9 Å². The van der Waals surface area contributed by atoms with Gasteiger partial charge in [-0.3, -0.25) is 10.5 Å². The molecule has 2 aromatic heterocycles. The molecule has 0 aromatic carbocycles. The van der Waals surface area contributed by atoms with Gasteiger partial charge in [-0.15, -0.1) is 11.3 Å². The van der Waals surface area contributed by atoms with Crippen LogP contribution in [0.5, 0.6) is 0 Å². The molecule has 2 aromatic rings. The Labute approximate surface area is 116 Å². The van der Waals surface area contributed by atoms with E-state index < -0.39 is 0 Å². The minimum absolute atomic E-state index is 0.102. The zero-order valence-electron chi connectivity index (χ0n) is 10.5. The van der Waals surface area contributed by atoms with Gasteiger partial charge < -0.3 is 0 Å². The molecule has 18 heavy (non-hydrogen) atoms. The fourth-order valence-corrected chi connectivity index (χ4v) is 3.39. The molecule has 1 atom stereocenters. The van der Waals surface area contributed by atoms with Gasteiger partial charge in [0.1, 0.15) is 0 Å². The van der Waals surface area contributed by atoms with E-state index in [4.69, 9.17) is 17.4 Å². The molecule has 2 heterocycles. The Bertz CT molecular complexity index is 520. The van der Waals surface area contributed by atoms with Gasteiger partial charge in [0.05, 0.1) is 23.0 Å². The minimum Gasteiger partial charge on any atom is -0.270 e. The molecular weight excluding hydrogens is 268 g/mol. The highest BCUT2D eigenvalue weighted by atomic mass is 35.5. The summed E-state index contributed by atoms with van der Waals surface area (Å²) in [4.78, 5) is 1.21. The second-order valence-electron chi connectivity index (χ2n) is 3.96. The largest absolute Gasteiger partial charge is 0.270 e. The number of rotatable bonds is 5. The number of nitrogens with zero attached hydrogens (tertiary/aromatic N) is 2. The van der Waals surface area contributed by atoms with Crippen LogP contribution in [0.3, 0.4) is 0 Å². The minimum atomic E-state index is -0.102. The molecule has 0 bridgehead atoms. The number of nitrogens with two attached hydrogens (primary N) is 1. The Kier molecular flexibility index (Phi) is 4.40. The summed E-state index contributed by atoms with van der Waals surface area (Å²) in [6, 6.07) is 2.03. The number of aromatic nitrogens is 2. The van der Waals surface area contributed by atoms with Gasteiger partial charge >= 0.3 is 0 Å². The van der Waals surface area contributed by atoms with Crippen molar-refractivity contribution in [3.63, 3.8) is 0 Å². The fourth-order valence-electron chi connectivity index (χ4n) is 2.08. The van der Waals surface area contributed by atoms with Gasteiger partial charge in [-0.05, 0) is 30.4 Å². The van der Waals surface area contributed by atoms with Gasteiger partial charge in [0, 0.05) is 11.4 Å². The molecule has 0 amide bonds. The quantitative estimate of drug-likeness (QED) is 0.656. The molecule has 4 nitrogen and oxygen atoms in total. The fraction of sp³-hybridized carbons (Fsp3) is 0.417. The molecule has 0 saturated heterocycles. The number of thiophene rings is 1. The first kappa shape index (κ1) is 13.5. The van der Waals surface area contributed by atoms with E-state index in [0.717, 1.165) is 18.7 Å². The van der Waals surface area contributed by atoms with Gasteiger partial charge in [-0.2, -0.15) is 5.10 Å². The van der Waals surface area contributed by atoms with E-state index in [1.807, 2.05) is 11.6 Å². The molecule has 3 N–H and O–H groups in total. The molecule has 0 aliphatic heterocycles. The molecular formula is C12H17ClN4S. The standard InChI is InChI=1S/C12H17ClN4S/c1-3-8-5-6-18-12(8)10(16-14)11-9(13)7-15-17(11)4-2/h5-7,10,16H,3-4,14H2,1-2H3. The molecule has 6 heteroatoms. The van der Waals surface area contributed by atoms with Crippen LogP contribution in [0.2, 0.25) is 5.02 Å². The van der Waals surface area contributed by atoms with Crippen LogP contribution in [-0.4, -0.2) is 9.78 Å². The van der Waals surface area contributed by atoms with Crippen molar-refractivity contribution >= 4 is 22.9 Å². The van der Waals surface area contributed by atoms with Gasteiger partial charge in [0.15, 0.2) is 0 Å². The Morgan fingerprint density at radius 2 is 2.33 bits per heavy atom. The zero-order valence-corrected chi connectivity index (χ0v) is 12.1. The van der Waals surface area contributed by atoms with Crippen LogP contribution in [0.4, 0.5) is 0 Å². The van der Waals surface area contributed by atoms with Crippen molar-refractivity contribution in [3.8, 4) is 0 Å². The van der Waals surface area contributed by atoms with Crippen molar-refractivity contribution < 1.29 is 0 Å². The highest BCUT2D eigenvalue weighted by Crippen LogP contribution is 2.33. The first-order valence-electron chi connectivity index (χ1n) is 5.96. The third-order valence-electron chi connectivity index (χ3n) is 3.00. The molecule has 0 spiro atoms. The lowest BCUT2D eigenvalue weighted by atomic mass is 10.1. The van der Waals surface area contributed by atoms with Crippen LogP contribution < -0.4 is 11.3 Å². The zero-order chi connectivity index (χ0) is 13.1. The van der Waals surface area contributed by atoms with Crippen molar-refractivity contribution in [1.82, 2.24) is 15.2 Å². The average Bonchev–Trinajstić information content (AvgIpc) is 2.98. The normalized spacial score (nSPS) is 12.9. The van der Waals surface area contributed by atoms with E-state index >= 15 is 0 Å². The maximum atomic E-state index is 6.24. The third-order valence-corrected chi connectivity index (χ3v) is 4.31. The van der Waals surface area contributed by atoms with Crippen molar-refractivity contribution in [3.05, 3.63) is 38.8 Å². The second-order valence-corrected chi connectivity index (χ2v) is 5.31. The Hall–Kier alpha value is -0.880. The van der Waals surface area contributed by atoms with Crippen LogP contribution >= 0.6 is 22.9 Å². The summed E-state index contributed by atoms with van der Waals surface area (Å²) in [6.45, 7) is 4.94. The summed E-state index contributed by atoms with van der Waals surface area (Å²) in [5.74, 6) is 5.73. The summed E-state index contributed by atoms with van der Waals surface area (Å²) in [7, 11) is 0. The number of hydrazine groups is 1. The molecule has 0 aliphatic rings. The monoisotopic (exact) mass is 284 g/mol. The molecule has 98 valence electrons. The highest BCUT2D eigenvalue weighted by molar-refractivity contribution is 7.10. The van der Waals surface area contributed by atoms with Crippen LogP contribution in [-0.2, 0) is 13.0 Å². The number of hydrogen-bond acceptors (Lipinski definition) is 4. The Morgan fingerprint density at radius 1 is 1.56 bits per heavy atom. The summed E-state index contributed by atoms with van der Waals surface area (Å²) in [5.41, 5.74) is 5.09. The smallest absolute Gasteiger partial charge is 0.0987 e. The lowest BCUT2D eigenvalue weighted by molar-refractivity contribution is 0.546. The first-order chi connectivity index (χ1) is 8.72. The van der Waals surface area contributed by atoms with Crippen LogP contribution in [0.15, 0.2) is 17.6 Å². The molecule has 2 rings (SSSR count). The van der Waals surface area contributed by atoms with E-state index in [9.17, 15) is 0 Å². The van der Waals surface area contributed by atoms with Crippen molar-refractivity contribution in [2.75, 3.05) is 0 Å². The van der Waals surface area contributed by atoms with Crippen molar-refractivity contribution in [2.24, 2.45) is 5.84 Å². The van der Waals surface area contributed by atoms with E-state index in [0.29, 0.717) is 5.02 Å². The highest BCUT2D eigenvalue weighted by Gasteiger charge is 2.23. The average molecular weight is 285 g/mol. The summed E-state index contributed by atoms with van der Waals surface area (Å²) < 4.78 is 1.88.